The third kappa shape index (κ3) is 3.08. The molecule has 1 aromatic rings. The SMILES string of the molecule is CCNCC1=NC(=O)C(c2ccccc2Br)C(=O)N1. The van der Waals surface area contributed by atoms with Gasteiger partial charge in [-0.05, 0) is 18.2 Å². The predicted octanol–water partition coefficient (Wildman–Crippen LogP) is 1.20. The monoisotopic (exact) mass is 323 g/mol. The fraction of sp³-hybridized carbons (Fsp3) is 0.308. The fourth-order valence-electron chi connectivity index (χ4n) is 1.86. The van der Waals surface area contributed by atoms with E-state index in [1.54, 1.807) is 18.2 Å². The fourth-order valence-corrected chi connectivity index (χ4v) is 2.38. The maximum Gasteiger partial charge on any atom is 0.264 e. The molecule has 0 radical (unpaired) electrons. The number of amides is 2. The minimum absolute atomic E-state index is 0.334. The molecule has 0 spiro atoms. The molecule has 0 saturated heterocycles. The van der Waals surface area contributed by atoms with Gasteiger partial charge in [0.1, 0.15) is 11.8 Å². The third-order valence-electron chi connectivity index (χ3n) is 2.78. The molecule has 2 amide bonds. The van der Waals surface area contributed by atoms with Crippen molar-refractivity contribution in [2.75, 3.05) is 13.1 Å². The second-order valence-corrected chi connectivity index (χ2v) is 4.98. The van der Waals surface area contributed by atoms with Crippen LogP contribution < -0.4 is 10.6 Å². The van der Waals surface area contributed by atoms with Gasteiger partial charge in [0.05, 0.1) is 6.54 Å². The molecule has 1 aliphatic heterocycles. The van der Waals surface area contributed by atoms with Crippen LogP contribution in [-0.4, -0.2) is 30.7 Å². The number of hydrogen-bond acceptors (Lipinski definition) is 3. The van der Waals surface area contributed by atoms with Crippen molar-refractivity contribution in [2.45, 2.75) is 12.8 Å². The highest BCUT2D eigenvalue weighted by atomic mass is 79.9. The zero-order chi connectivity index (χ0) is 13.8. The van der Waals surface area contributed by atoms with E-state index >= 15 is 0 Å². The van der Waals surface area contributed by atoms with E-state index in [9.17, 15) is 9.59 Å². The summed E-state index contributed by atoms with van der Waals surface area (Å²) in [6.45, 7) is 3.07. The van der Waals surface area contributed by atoms with Crippen molar-refractivity contribution in [3.8, 4) is 0 Å². The highest BCUT2D eigenvalue weighted by Gasteiger charge is 2.34. The first kappa shape index (κ1) is 13.9. The number of nitrogens with one attached hydrogen (secondary N) is 2. The Balaban J connectivity index is 2.25. The summed E-state index contributed by atoms with van der Waals surface area (Å²) in [6.07, 6.45) is 0. The summed E-state index contributed by atoms with van der Waals surface area (Å²) in [4.78, 5) is 28.0. The highest BCUT2D eigenvalue weighted by molar-refractivity contribution is 9.10. The molecule has 1 aromatic carbocycles. The van der Waals surface area contributed by atoms with Gasteiger partial charge in [0.2, 0.25) is 5.91 Å². The molecular formula is C13H14BrN3O2. The molecule has 1 aliphatic rings. The number of likely N-dealkylation sites (N-methyl/N-ethyl adjacent to an activating group) is 1. The van der Waals surface area contributed by atoms with Crippen molar-refractivity contribution in [1.29, 1.82) is 0 Å². The predicted molar refractivity (Wildman–Crippen MR) is 76.0 cm³/mol. The number of carbonyl (C=O) groups excluding carboxylic acids is 2. The quantitative estimate of drug-likeness (QED) is 0.818. The first-order valence-electron chi connectivity index (χ1n) is 6.01. The molecule has 1 unspecified atom stereocenters. The van der Waals surface area contributed by atoms with Gasteiger partial charge in [-0.15, -0.1) is 0 Å². The number of amidine groups is 1. The number of aliphatic imine (C=N–C) groups is 1. The van der Waals surface area contributed by atoms with Gasteiger partial charge in [-0.2, -0.15) is 4.99 Å². The summed E-state index contributed by atoms with van der Waals surface area (Å²) < 4.78 is 0.730. The number of nitrogens with zero attached hydrogens (tertiary/aromatic N) is 1. The molecule has 1 heterocycles. The van der Waals surface area contributed by atoms with Crippen LogP contribution in [0.15, 0.2) is 33.7 Å². The summed E-state index contributed by atoms with van der Waals surface area (Å²) in [7, 11) is 0. The van der Waals surface area contributed by atoms with Gasteiger partial charge in [0, 0.05) is 4.47 Å². The molecule has 0 aliphatic carbocycles. The Bertz CT molecular complexity index is 542. The molecule has 2 N–H and O–H groups in total. The molecule has 0 fully saturated rings. The second-order valence-electron chi connectivity index (χ2n) is 4.12. The van der Waals surface area contributed by atoms with Crippen LogP contribution >= 0.6 is 15.9 Å². The summed E-state index contributed by atoms with van der Waals surface area (Å²) in [5.41, 5.74) is 0.635. The van der Waals surface area contributed by atoms with Crippen molar-refractivity contribution in [1.82, 2.24) is 10.6 Å². The maximum absolute atomic E-state index is 12.1. The number of benzene rings is 1. The molecule has 100 valence electrons. The Morgan fingerprint density at radius 1 is 1.37 bits per heavy atom. The van der Waals surface area contributed by atoms with Gasteiger partial charge < -0.3 is 10.6 Å². The van der Waals surface area contributed by atoms with E-state index < -0.39 is 11.8 Å². The summed E-state index contributed by atoms with van der Waals surface area (Å²) >= 11 is 3.35. The number of carbonyl (C=O) groups is 2. The molecule has 1 atom stereocenters. The molecule has 6 heteroatoms. The third-order valence-corrected chi connectivity index (χ3v) is 3.50. The summed E-state index contributed by atoms with van der Waals surface area (Å²) in [5.74, 6) is -1.26. The smallest absolute Gasteiger partial charge is 0.264 e. The minimum Gasteiger partial charge on any atom is -0.312 e. The van der Waals surface area contributed by atoms with E-state index in [2.05, 4.69) is 31.6 Å². The van der Waals surface area contributed by atoms with Gasteiger partial charge in [-0.25, -0.2) is 0 Å². The molecule has 0 bridgehead atoms. The lowest BCUT2D eigenvalue weighted by atomic mass is 9.96. The van der Waals surface area contributed by atoms with E-state index in [0.717, 1.165) is 11.0 Å². The lowest BCUT2D eigenvalue weighted by Gasteiger charge is -2.21. The Morgan fingerprint density at radius 3 is 2.74 bits per heavy atom. The molecule has 5 nitrogen and oxygen atoms in total. The van der Waals surface area contributed by atoms with Crippen molar-refractivity contribution in [3.63, 3.8) is 0 Å². The Kier molecular flexibility index (Phi) is 4.44. The van der Waals surface area contributed by atoms with Crippen LogP contribution in [0, 0.1) is 0 Å². The zero-order valence-electron chi connectivity index (χ0n) is 10.4. The number of halogens is 1. The highest BCUT2D eigenvalue weighted by Crippen LogP contribution is 2.27. The van der Waals surface area contributed by atoms with Crippen LogP contribution in [0.3, 0.4) is 0 Å². The van der Waals surface area contributed by atoms with Crippen LogP contribution in [0.25, 0.3) is 0 Å². The molecular weight excluding hydrogens is 310 g/mol. The van der Waals surface area contributed by atoms with Crippen LogP contribution in [0.2, 0.25) is 0 Å². The van der Waals surface area contributed by atoms with Crippen molar-refractivity contribution in [2.24, 2.45) is 4.99 Å². The molecule has 19 heavy (non-hydrogen) atoms. The van der Waals surface area contributed by atoms with Gasteiger partial charge in [0.25, 0.3) is 5.91 Å². The molecule has 2 rings (SSSR count). The average Bonchev–Trinajstić information content (AvgIpc) is 2.38. The van der Waals surface area contributed by atoms with Crippen LogP contribution in [0.1, 0.15) is 18.4 Å². The second kappa shape index (κ2) is 6.08. The van der Waals surface area contributed by atoms with Gasteiger partial charge in [-0.1, -0.05) is 41.1 Å². The molecule has 0 aromatic heterocycles. The van der Waals surface area contributed by atoms with Crippen molar-refractivity contribution in [3.05, 3.63) is 34.3 Å². The lowest BCUT2D eigenvalue weighted by Crippen LogP contribution is -2.46. The topological polar surface area (TPSA) is 70.6 Å². The average molecular weight is 324 g/mol. The van der Waals surface area contributed by atoms with Crippen molar-refractivity contribution < 1.29 is 9.59 Å². The summed E-state index contributed by atoms with van der Waals surface area (Å²) in [6, 6.07) is 7.17. The van der Waals surface area contributed by atoms with Crippen LogP contribution in [0.5, 0.6) is 0 Å². The molecule has 0 saturated carbocycles. The van der Waals surface area contributed by atoms with Gasteiger partial charge in [0.15, 0.2) is 0 Å². The van der Waals surface area contributed by atoms with E-state index in [1.165, 1.54) is 0 Å². The zero-order valence-corrected chi connectivity index (χ0v) is 12.0. The lowest BCUT2D eigenvalue weighted by molar-refractivity contribution is -0.129. The summed E-state index contributed by atoms with van der Waals surface area (Å²) in [5, 5.41) is 5.68. The standard InChI is InChI=1S/C13H14BrN3O2/c1-2-15-7-10-16-12(18)11(13(19)17-10)8-5-3-4-6-9(8)14/h3-6,11,15H,2,7H2,1H3,(H,16,17,18,19). The first-order chi connectivity index (χ1) is 9.13. The van der Waals surface area contributed by atoms with Crippen LogP contribution in [-0.2, 0) is 9.59 Å². The Labute approximate surface area is 119 Å². The van der Waals surface area contributed by atoms with Crippen molar-refractivity contribution >= 4 is 33.6 Å². The van der Waals surface area contributed by atoms with Crippen LogP contribution in [0.4, 0.5) is 0 Å². The van der Waals surface area contributed by atoms with E-state index in [-0.39, 0.29) is 5.91 Å². The maximum atomic E-state index is 12.1. The Hall–Kier alpha value is -1.53. The van der Waals surface area contributed by atoms with E-state index in [4.69, 9.17) is 0 Å². The van der Waals surface area contributed by atoms with E-state index in [0.29, 0.717) is 17.9 Å². The normalized spacial score (nSPS) is 19.1. The minimum atomic E-state index is -0.874. The number of hydrogen-bond donors (Lipinski definition) is 2. The Morgan fingerprint density at radius 2 is 2.11 bits per heavy atom. The van der Waals surface area contributed by atoms with Gasteiger partial charge in [-0.3, -0.25) is 9.59 Å². The largest absolute Gasteiger partial charge is 0.312 e. The first-order valence-corrected chi connectivity index (χ1v) is 6.80. The number of rotatable bonds is 4. The van der Waals surface area contributed by atoms with Gasteiger partial charge >= 0.3 is 0 Å². The van der Waals surface area contributed by atoms with E-state index in [1.807, 2.05) is 13.0 Å².